The van der Waals surface area contributed by atoms with Gasteiger partial charge in [0.2, 0.25) is 5.88 Å². The van der Waals surface area contributed by atoms with Crippen LogP contribution in [-0.4, -0.2) is 33.1 Å². The molecule has 0 aliphatic rings. The van der Waals surface area contributed by atoms with Crippen LogP contribution in [0.15, 0.2) is 73.2 Å². The van der Waals surface area contributed by atoms with E-state index in [4.69, 9.17) is 9.94 Å². The zero-order valence-electron chi connectivity index (χ0n) is 15.5. The van der Waals surface area contributed by atoms with Gasteiger partial charge in [-0.25, -0.2) is 20.4 Å². The Bertz CT molecular complexity index is 1140. The smallest absolute Gasteiger partial charge is 0.276 e. The van der Waals surface area contributed by atoms with Crippen LogP contribution in [0.2, 0.25) is 0 Å². The molecule has 2 N–H and O–H groups in total. The van der Waals surface area contributed by atoms with Crippen LogP contribution in [0.3, 0.4) is 0 Å². The number of hydroxylamine groups is 1. The maximum absolute atomic E-state index is 11.3. The lowest BCUT2D eigenvalue weighted by atomic mass is 10.2. The minimum absolute atomic E-state index is 0.230. The molecule has 8 nitrogen and oxygen atoms in total. The number of amides is 1. The number of pyridine rings is 1. The van der Waals surface area contributed by atoms with Gasteiger partial charge < -0.3 is 9.64 Å². The second-order valence-corrected chi connectivity index (χ2v) is 6.20. The monoisotopic (exact) mass is 387 g/mol. The van der Waals surface area contributed by atoms with Gasteiger partial charge in [0.05, 0.1) is 11.1 Å². The van der Waals surface area contributed by atoms with Gasteiger partial charge in [-0.05, 0) is 42.5 Å². The van der Waals surface area contributed by atoms with Crippen LogP contribution in [0.5, 0.6) is 11.6 Å². The minimum Gasteiger partial charge on any atom is -0.439 e. The molecule has 0 saturated heterocycles. The normalized spacial score (nSPS) is 10.6. The van der Waals surface area contributed by atoms with E-state index in [1.54, 1.807) is 17.9 Å². The van der Waals surface area contributed by atoms with Gasteiger partial charge in [0.25, 0.3) is 5.91 Å². The van der Waals surface area contributed by atoms with Crippen molar-refractivity contribution in [2.75, 3.05) is 11.9 Å². The van der Waals surface area contributed by atoms with Crippen LogP contribution in [0.25, 0.3) is 10.9 Å². The largest absolute Gasteiger partial charge is 0.439 e. The summed E-state index contributed by atoms with van der Waals surface area (Å²) in [6.45, 7) is 0. The van der Waals surface area contributed by atoms with Gasteiger partial charge in [-0.2, -0.15) is 0 Å². The van der Waals surface area contributed by atoms with E-state index < -0.39 is 5.91 Å². The Kier molecular flexibility index (Phi) is 5.00. The van der Waals surface area contributed by atoms with Crippen LogP contribution in [0.1, 0.15) is 10.4 Å². The van der Waals surface area contributed by atoms with Gasteiger partial charge in [-0.3, -0.25) is 10.0 Å². The van der Waals surface area contributed by atoms with Gasteiger partial charge in [-0.1, -0.05) is 12.1 Å². The molecule has 0 atom stereocenters. The first-order valence-electron chi connectivity index (χ1n) is 8.77. The molecule has 0 unspecified atom stereocenters. The number of anilines is 2. The molecule has 0 radical (unpaired) electrons. The first kappa shape index (κ1) is 18.3. The molecule has 0 bridgehead atoms. The molecular formula is C21H17N5O3. The standard InChI is InChI=1S/C21H17N5O3/c1-26(20-17-4-2-3-5-18(17)23-13-24-20)15-7-9-16(10-8-15)29-19-11-6-14(12-22-19)21(27)25-28/h2-13,28H,1H3,(H,25,27). The number of carbonyl (C=O) groups is 1. The summed E-state index contributed by atoms with van der Waals surface area (Å²) in [5.41, 5.74) is 3.61. The molecule has 0 aliphatic carbocycles. The molecule has 0 aliphatic heterocycles. The van der Waals surface area contributed by atoms with Gasteiger partial charge in [-0.15, -0.1) is 0 Å². The molecule has 2 aromatic carbocycles. The summed E-state index contributed by atoms with van der Waals surface area (Å²) < 4.78 is 5.71. The van der Waals surface area contributed by atoms with Gasteiger partial charge in [0.15, 0.2) is 0 Å². The van der Waals surface area contributed by atoms with Crippen molar-refractivity contribution in [1.82, 2.24) is 20.4 Å². The predicted molar refractivity (Wildman–Crippen MR) is 108 cm³/mol. The number of hydrogen-bond donors (Lipinski definition) is 2. The number of rotatable bonds is 5. The summed E-state index contributed by atoms with van der Waals surface area (Å²) in [6.07, 6.45) is 2.88. The Morgan fingerprint density at radius 3 is 2.52 bits per heavy atom. The van der Waals surface area contributed by atoms with E-state index in [9.17, 15) is 4.79 Å². The van der Waals surface area contributed by atoms with Crippen molar-refractivity contribution in [3.8, 4) is 11.6 Å². The Hall–Kier alpha value is -4.04. The number of nitrogens with zero attached hydrogens (tertiary/aromatic N) is 4. The second kappa shape index (κ2) is 7.91. The number of para-hydroxylation sites is 1. The summed E-state index contributed by atoms with van der Waals surface area (Å²) >= 11 is 0. The van der Waals surface area contributed by atoms with Gasteiger partial charge >= 0.3 is 0 Å². The minimum atomic E-state index is -0.631. The van der Waals surface area contributed by atoms with Gasteiger partial charge in [0.1, 0.15) is 17.9 Å². The highest BCUT2D eigenvalue weighted by Gasteiger charge is 2.11. The summed E-state index contributed by atoms with van der Waals surface area (Å²) in [4.78, 5) is 26.1. The average Bonchev–Trinajstić information content (AvgIpc) is 2.78. The molecule has 1 amide bonds. The summed E-state index contributed by atoms with van der Waals surface area (Å²) in [6, 6.07) is 18.4. The van der Waals surface area contributed by atoms with Crippen LogP contribution in [0.4, 0.5) is 11.5 Å². The lowest BCUT2D eigenvalue weighted by molar-refractivity contribution is 0.0706. The molecule has 0 saturated carbocycles. The molecule has 29 heavy (non-hydrogen) atoms. The molecule has 144 valence electrons. The maximum Gasteiger partial charge on any atom is 0.276 e. The van der Waals surface area contributed by atoms with E-state index >= 15 is 0 Å². The fourth-order valence-corrected chi connectivity index (χ4v) is 2.88. The fraction of sp³-hybridized carbons (Fsp3) is 0.0476. The Labute approximate surface area is 166 Å². The summed E-state index contributed by atoms with van der Waals surface area (Å²) in [5.74, 6) is 1.11. The zero-order chi connectivity index (χ0) is 20.2. The second-order valence-electron chi connectivity index (χ2n) is 6.20. The van der Waals surface area contributed by atoms with Gasteiger partial charge in [0, 0.05) is 30.4 Å². The first-order chi connectivity index (χ1) is 14.2. The Morgan fingerprint density at radius 2 is 1.79 bits per heavy atom. The molecule has 0 spiro atoms. The third-order valence-corrected chi connectivity index (χ3v) is 4.39. The van der Waals surface area contributed by atoms with Crippen LogP contribution >= 0.6 is 0 Å². The topological polar surface area (TPSA) is 100 Å². The van der Waals surface area contributed by atoms with Crippen LogP contribution < -0.4 is 15.1 Å². The lowest BCUT2D eigenvalue weighted by Gasteiger charge is -2.20. The molecule has 4 aromatic rings. The molecule has 8 heteroatoms. The van der Waals surface area contributed by atoms with Crippen LogP contribution in [0, 0.1) is 0 Å². The average molecular weight is 387 g/mol. The summed E-state index contributed by atoms with van der Waals surface area (Å²) in [5, 5.41) is 9.60. The highest BCUT2D eigenvalue weighted by atomic mass is 16.5. The van der Waals surface area contributed by atoms with Crippen molar-refractivity contribution >= 4 is 28.3 Å². The quantitative estimate of drug-likeness (QED) is 0.398. The zero-order valence-corrected chi connectivity index (χ0v) is 15.5. The molecule has 2 aromatic heterocycles. The number of carbonyl (C=O) groups excluding carboxylic acids is 1. The number of fused-ring (bicyclic) bond motifs is 1. The highest BCUT2D eigenvalue weighted by Crippen LogP contribution is 2.29. The molecule has 4 rings (SSSR count). The third kappa shape index (κ3) is 3.83. The van der Waals surface area contributed by atoms with E-state index in [-0.39, 0.29) is 5.56 Å². The lowest BCUT2D eigenvalue weighted by Crippen LogP contribution is -2.18. The van der Waals surface area contributed by atoms with Crippen molar-refractivity contribution < 1.29 is 14.7 Å². The predicted octanol–water partition coefficient (Wildman–Crippen LogP) is 3.70. The van der Waals surface area contributed by atoms with Crippen molar-refractivity contribution in [2.24, 2.45) is 0 Å². The SMILES string of the molecule is CN(c1ccc(Oc2ccc(C(=O)NO)cn2)cc1)c1ncnc2ccccc12. The first-order valence-corrected chi connectivity index (χ1v) is 8.77. The number of ether oxygens (including phenoxy) is 1. The van der Waals surface area contributed by atoms with Crippen molar-refractivity contribution in [2.45, 2.75) is 0 Å². The van der Waals surface area contributed by atoms with E-state index in [0.29, 0.717) is 11.6 Å². The number of benzene rings is 2. The Morgan fingerprint density at radius 1 is 1.00 bits per heavy atom. The van der Waals surface area contributed by atoms with Crippen molar-refractivity contribution in [1.29, 1.82) is 0 Å². The highest BCUT2D eigenvalue weighted by molar-refractivity contribution is 5.93. The summed E-state index contributed by atoms with van der Waals surface area (Å²) in [7, 11) is 1.94. The van der Waals surface area contributed by atoms with Crippen molar-refractivity contribution in [3.05, 3.63) is 78.8 Å². The number of nitrogens with one attached hydrogen (secondary N) is 1. The Balaban J connectivity index is 1.52. The number of aromatic nitrogens is 3. The fourth-order valence-electron chi connectivity index (χ4n) is 2.88. The van der Waals surface area contributed by atoms with E-state index in [1.165, 1.54) is 12.3 Å². The van der Waals surface area contributed by atoms with Crippen molar-refractivity contribution in [3.63, 3.8) is 0 Å². The molecule has 0 fully saturated rings. The maximum atomic E-state index is 11.3. The van der Waals surface area contributed by atoms with Crippen LogP contribution in [-0.2, 0) is 0 Å². The van der Waals surface area contributed by atoms with E-state index in [0.717, 1.165) is 22.4 Å². The third-order valence-electron chi connectivity index (χ3n) is 4.39. The van der Waals surface area contributed by atoms with E-state index in [2.05, 4.69) is 15.0 Å². The number of hydrogen-bond acceptors (Lipinski definition) is 7. The van der Waals surface area contributed by atoms with E-state index in [1.807, 2.05) is 60.5 Å². The molecule has 2 heterocycles. The molecular weight excluding hydrogens is 370 g/mol.